The molecule has 0 atom stereocenters. The minimum atomic E-state index is 0.922. The van der Waals surface area contributed by atoms with Crippen molar-refractivity contribution < 1.29 is 0 Å². The second kappa shape index (κ2) is 9.86. The van der Waals surface area contributed by atoms with Crippen molar-refractivity contribution in [2.24, 2.45) is 5.14 Å². The summed E-state index contributed by atoms with van der Waals surface area (Å²) < 4.78 is 6.75. The first-order valence-corrected chi connectivity index (χ1v) is 14.5. The van der Waals surface area contributed by atoms with Crippen LogP contribution >= 0.6 is 67.5 Å². The van der Waals surface area contributed by atoms with Crippen molar-refractivity contribution in [2.45, 2.75) is 13.0 Å². The number of para-hydroxylation sites is 3. The van der Waals surface area contributed by atoms with Gasteiger partial charge in [-0.05, 0) is 69.9 Å². The molecule has 31 heavy (non-hydrogen) atoms. The molecule has 0 unspecified atom stereocenters. The van der Waals surface area contributed by atoms with Crippen molar-refractivity contribution >= 4 is 98.2 Å². The maximum absolute atomic E-state index is 5.38. The molecule has 0 aliphatic heterocycles. The van der Waals surface area contributed by atoms with Crippen molar-refractivity contribution in [3.63, 3.8) is 0 Å². The third kappa shape index (κ3) is 5.06. The summed E-state index contributed by atoms with van der Waals surface area (Å²) in [6.07, 6.45) is 0. The van der Waals surface area contributed by atoms with Gasteiger partial charge in [0.05, 0.1) is 30.6 Å². The largest absolute Gasteiger partial charge is 0.272 e. The zero-order valence-corrected chi connectivity index (χ0v) is 20.7. The molecule has 0 aliphatic rings. The first kappa shape index (κ1) is 21.2. The Labute approximate surface area is 202 Å². The second-order valence-corrected chi connectivity index (χ2v) is 12.7. The first-order chi connectivity index (χ1) is 15.3. The third-order valence-electron chi connectivity index (χ3n) is 4.11. The third-order valence-corrected chi connectivity index (χ3v) is 10.8. The second-order valence-electron chi connectivity index (χ2n) is 6.13. The van der Waals surface area contributed by atoms with Gasteiger partial charge in [-0.25, -0.2) is 15.0 Å². The van der Waals surface area contributed by atoms with Gasteiger partial charge in [-0.1, -0.05) is 36.4 Å². The summed E-state index contributed by atoms with van der Waals surface area (Å²) in [5, 5.41) is 5.38. The summed E-state index contributed by atoms with van der Waals surface area (Å²) in [5.74, 6) is 0. The highest BCUT2D eigenvalue weighted by Crippen LogP contribution is 2.43. The lowest BCUT2D eigenvalue weighted by molar-refractivity contribution is 1.30. The van der Waals surface area contributed by atoms with Crippen LogP contribution in [0.3, 0.4) is 0 Å². The van der Waals surface area contributed by atoms with Gasteiger partial charge >= 0.3 is 0 Å². The van der Waals surface area contributed by atoms with E-state index in [2.05, 4.69) is 51.4 Å². The molecule has 0 saturated heterocycles. The molecule has 0 aliphatic carbocycles. The van der Waals surface area contributed by atoms with Gasteiger partial charge in [0.15, 0.2) is 13.0 Å². The molecule has 0 radical (unpaired) electrons. The van der Waals surface area contributed by atoms with E-state index in [9.17, 15) is 0 Å². The fourth-order valence-electron chi connectivity index (χ4n) is 2.75. The fraction of sp³-hybridized carbons (Fsp3) is 0. The Balaban J connectivity index is 0.000000157. The van der Waals surface area contributed by atoms with Gasteiger partial charge in [0.2, 0.25) is 0 Å². The van der Waals surface area contributed by atoms with E-state index in [0.29, 0.717) is 0 Å². The molecule has 0 saturated carbocycles. The van der Waals surface area contributed by atoms with E-state index in [1.165, 1.54) is 26.0 Å². The van der Waals surface area contributed by atoms with Crippen molar-refractivity contribution in [1.82, 2.24) is 15.0 Å². The Morgan fingerprint density at radius 3 is 1.26 bits per heavy atom. The summed E-state index contributed by atoms with van der Waals surface area (Å²) in [6.45, 7) is 0. The lowest BCUT2D eigenvalue weighted by Gasteiger charge is -1.90. The molecule has 3 aromatic carbocycles. The molecule has 0 spiro atoms. The Bertz CT molecular complexity index is 1280. The van der Waals surface area contributed by atoms with Crippen LogP contribution in [0.15, 0.2) is 85.8 Å². The molecule has 10 heteroatoms. The number of nitrogens with two attached hydrogens (primary N) is 1. The Kier molecular flexibility index (Phi) is 6.75. The summed E-state index contributed by atoms with van der Waals surface area (Å²) in [6, 6.07) is 24.5. The zero-order chi connectivity index (χ0) is 21.0. The molecule has 0 fully saturated rings. The quantitative estimate of drug-likeness (QED) is 0.189. The number of hydrogen-bond acceptors (Lipinski definition) is 10. The zero-order valence-electron chi connectivity index (χ0n) is 15.8. The van der Waals surface area contributed by atoms with E-state index >= 15 is 0 Å². The smallest absolute Gasteiger partial charge is 0.165 e. The maximum Gasteiger partial charge on any atom is 0.165 e. The predicted molar refractivity (Wildman–Crippen MR) is 141 cm³/mol. The van der Waals surface area contributed by atoms with E-state index in [4.69, 9.17) is 5.14 Å². The van der Waals surface area contributed by atoms with Gasteiger partial charge in [-0.2, -0.15) is 0 Å². The van der Waals surface area contributed by atoms with Gasteiger partial charge in [-0.15, -0.1) is 34.0 Å². The molecule has 4 nitrogen and oxygen atoms in total. The number of nitrogens with zero attached hydrogens (tertiary/aromatic N) is 3. The number of fused-ring (bicyclic) bond motifs is 3. The lowest BCUT2D eigenvalue weighted by Crippen LogP contribution is -1.75. The number of aromatic nitrogens is 3. The van der Waals surface area contributed by atoms with Crippen LogP contribution in [-0.2, 0) is 0 Å². The van der Waals surface area contributed by atoms with E-state index in [0.717, 1.165) is 29.6 Å². The highest BCUT2D eigenvalue weighted by molar-refractivity contribution is 8.77. The van der Waals surface area contributed by atoms with Gasteiger partial charge in [0, 0.05) is 0 Å². The van der Waals surface area contributed by atoms with Crippen LogP contribution in [0.5, 0.6) is 0 Å². The van der Waals surface area contributed by atoms with Crippen molar-refractivity contribution in [3.8, 4) is 0 Å². The van der Waals surface area contributed by atoms with Crippen LogP contribution in [0.2, 0.25) is 0 Å². The van der Waals surface area contributed by atoms with Crippen molar-refractivity contribution in [1.29, 1.82) is 0 Å². The Hall–Kier alpha value is -1.66. The first-order valence-electron chi connectivity index (χ1n) is 9.06. The lowest BCUT2D eigenvalue weighted by atomic mass is 10.3. The number of thiazole rings is 3. The van der Waals surface area contributed by atoms with E-state index in [1.54, 1.807) is 55.6 Å². The number of benzene rings is 3. The molecule has 0 bridgehead atoms. The molecule has 3 aromatic heterocycles. The fourth-order valence-corrected chi connectivity index (χ4v) is 8.55. The summed E-state index contributed by atoms with van der Waals surface area (Å²) in [4.78, 5) is 13.5. The highest BCUT2D eigenvalue weighted by atomic mass is 33.1. The van der Waals surface area contributed by atoms with E-state index in [1.807, 2.05) is 36.4 Å². The van der Waals surface area contributed by atoms with Crippen LogP contribution in [-0.4, -0.2) is 15.0 Å². The van der Waals surface area contributed by atoms with Crippen LogP contribution in [0.1, 0.15) is 0 Å². The SMILES string of the molecule is NSc1nc2ccccc2s1.c1ccc2sc(SSc3nc4ccccc4s3)nc2c1. The Morgan fingerprint density at radius 2 is 0.871 bits per heavy atom. The molecule has 3 heterocycles. The van der Waals surface area contributed by atoms with Gasteiger partial charge < -0.3 is 0 Å². The van der Waals surface area contributed by atoms with Gasteiger partial charge in [0.25, 0.3) is 0 Å². The highest BCUT2D eigenvalue weighted by Gasteiger charge is 2.08. The van der Waals surface area contributed by atoms with Gasteiger partial charge in [-0.3, -0.25) is 5.14 Å². The predicted octanol–water partition coefficient (Wildman–Crippen LogP) is 7.97. The van der Waals surface area contributed by atoms with E-state index in [-0.39, 0.29) is 0 Å². The summed E-state index contributed by atoms with van der Waals surface area (Å²) >= 11 is 6.29. The van der Waals surface area contributed by atoms with Crippen LogP contribution in [0, 0.1) is 0 Å². The minimum absolute atomic E-state index is 0.922. The monoisotopic (exact) mass is 514 g/mol. The molecule has 6 aromatic rings. The van der Waals surface area contributed by atoms with Crippen molar-refractivity contribution in [2.75, 3.05) is 0 Å². The molecule has 6 rings (SSSR count). The number of hydrogen-bond donors (Lipinski definition) is 1. The average Bonchev–Trinajstić information content (AvgIpc) is 3.53. The summed E-state index contributed by atoms with van der Waals surface area (Å²) in [5.41, 5.74) is 3.18. The standard InChI is InChI=1S/C14H8N2S4.C7H6N2S2/c1-3-7-11-9(5-1)15-13(17-11)19-20-14-16-10-6-2-4-8-12(10)18-14;8-11-7-9-5-3-1-2-4-6(5)10-7/h1-8H;1-4H,8H2. The molecule has 2 N–H and O–H groups in total. The number of rotatable bonds is 4. The molecule has 154 valence electrons. The normalized spacial score (nSPS) is 11.1. The molecular weight excluding hydrogens is 501 g/mol. The van der Waals surface area contributed by atoms with Gasteiger partial charge in [0.1, 0.15) is 0 Å². The minimum Gasteiger partial charge on any atom is -0.272 e. The van der Waals surface area contributed by atoms with Crippen LogP contribution in [0.25, 0.3) is 30.6 Å². The maximum atomic E-state index is 5.38. The summed E-state index contributed by atoms with van der Waals surface area (Å²) in [7, 11) is 3.37. The average molecular weight is 515 g/mol. The van der Waals surface area contributed by atoms with Crippen molar-refractivity contribution in [3.05, 3.63) is 72.8 Å². The molecular formula is C21H14N4S6. The molecule has 0 amide bonds. The van der Waals surface area contributed by atoms with E-state index < -0.39 is 0 Å². The topological polar surface area (TPSA) is 64.7 Å². The Morgan fingerprint density at radius 1 is 0.516 bits per heavy atom. The van der Waals surface area contributed by atoms with Crippen LogP contribution < -0.4 is 5.14 Å². The van der Waals surface area contributed by atoms with Crippen LogP contribution in [0.4, 0.5) is 0 Å².